The average Bonchev–Trinajstić information content (AvgIpc) is 2.85. The Morgan fingerprint density at radius 1 is 0.758 bits per heavy atom. The zero-order chi connectivity index (χ0) is 23.3. The van der Waals surface area contributed by atoms with Gasteiger partial charge in [0.1, 0.15) is 5.75 Å². The number of ether oxygens (including phenoxy) is 2. The molecule has 0 aromatic heterocycles. The van der Waals surface area contributed by atoms with Gasteiger partial charge in [0.2, 0.25) is 0 Å². The van der Waals surface area contributed by atoms with Crippen molar-refractivity contribution in [2.24, 2.45) is 10.2 Å². The Hall–Kier alpha value is -4.07. The summed E-state index contributed by atoms with van der Waals surface area (Å²) >= 11 is 0. The van der Waals surface area contributed by atoms with E-state index in [1.807, 2.05) is 30.3 Å². The molecule has 0 N–H and O–H groups in total. The van der Waals surface area contributed by atoms with Crippen molar-refractivity contribution in [3.05, 3.63) is 94.5 Å². The molecule has 170 valence electrons. The zero-order valence-corrected chi connectivity index (χ0v) is 18.1. The van der Waals surface area contributed by atoms with Crippen LogP contribution in [0.15, 0.2) is 89.1 Å². The Balaban J connectivity index is 1.28. The molecule has 33 heavy (non-hydrogen) atoms. The fourth-order valence-corrected chi connectivity index (χ4v) is 2.94. The van der Waals surface area contributed by atoms with Gasteiger partial charge >= 0.3 is 5.97 Å². The number of nitro benzene ring substituents is 1. The first-order valence-corrected chi connectivity index (χ1v) is 10.7. The van der Waals surface area contributed by atoms with Crippen molar-refractivity contribution in [2.45, 2.75) is 25.7 Å². The molecule has 0 unspecified atom stereocenters. The number of carbonyl (C=O) groups excluding carboxylic acids is 1. The highest BCUT2D eigenvalue weighted by atomic mass is 16.6. The lowest BCUT2D eigenvalue weighted by atomic mass is 10.2. The lowest BCUT2D eigenvalue weighted by Gasteiger charge is -2.07. The number of azo groups is 1. The molecular weight excluding hydrogens is 422 g/mol. The standard InChI is InChI=1S/C25H25N3O5/c29-25(20-8-4-3-5-9-20)33-19-7-2-1-6-18-32-24-16-12-22(13-17-24)27-26-21-10-14-23(15-11-21)28(30)31/h3-5,8-17H,1-2,6-7,18-19H2. The third-order valence-corrected chi connectivity index (χ3v) is 4.73. The number of rotatable bonds is 12. The Morgan fingerprint density at radius 3 is 1.94 bits per heavy atom. The van der Waals surface area contributed by atoms with E-state index in [1.54, 1.807) is 36.4 Å². The maximum absolute atomic E-state index is 11.8. The number of nitrogens with zero attached hydrogens (tertiary/aromatic N) is 3. The van der Waals surface area contributed by atoms with Crippen LogP contribution in [0.4, 0.5) is 17.1 Å². The summed E-state index contributed by atoms with van der Waals surface area (Å²) in [7, 11) is 0. The van der Waals surface area contributed by atoms with Gasteiger partial charge in [-0.1, -0.05) is 18.2 Å². The van der Waals surface area contributed by atoms with Crippen LogP contribution in [0.3, 0.4) is 0 Å². The molecule has 0 radical (unpaired) electrons. The first-order valence-electron chi connectivity index (χ1n) is 10.7. The lowest BCUT2D eigenvalue weighted by molar-refractivity contribution is -0.384. The number of nitro groups is 1. The highest BCUT2D eigenvalue weighted by Gasteiger charge is 2.05. The van der Waals surface area contributed by atoms with E-state index < -0.39 is 4.92 Å². The van der Waals surface area contributed by atoms with Gasteiger partial charge in [-0.25, -0.2) is 4.79 Å². The van der Waals surface area contributed by atoms with Crippen LogP contribution >= 0.6 is 0 Å². The SMILES string of the molecule is O=C(OCCCCCCOc1ccc(N=Nc2ccc([N+](=O)[O-])cc2)cc1)c1ccccc1. The molecule has 3 aromatic carbocycles. The topological polar surface area (TPSA) is 103 Å². The van der Waals surface area contributed by atoms with E-state index in [4.69, 9.17) is 9.47 Å². The number of hydrogen-bond acceptors (Lipinski definition) is 7. The molecule has 0 amide bonds. The van der Waals surface area contributed by atoms with Gasteiger partial charge < -0.3 is 9.47 Å². The number of benzene rings is 3. The molecule has 0 atom stereocenters. The van der Waals surface area contributed by atoms with E-state index in [-0.39, 0.29) is 11.7 Å². The Bertz CT molecular complexity index is 1050. The smallest absolute Gasteiger partial charge is 0.338 e. The monoisotopic (exact) mass is 447 g/mol. The zero-order valence-electron chi connectivity index (χ0n) is 18.1. The Kier molecular flexibility index (Phi) is 9.08. The second kappa shape index (κ2) is 12.7. The van der Waals surface area contributed by atoms with Crippen LogP contribution in [-0.4, -0.2) is 24.1 Å². The molecule has 0 spiro atoms. The summed E-state index contributed by atoms with van der Waals surface area (Å²) in [5.41, 5.74) is 1.79. The number of non-ortho nitro benzene ring substituents is 1. The predicted octanol–water partition coefficient (Wildman–Crippen LogP) is 6.81. The molecule has 0 aliphatic heterocycles. The van der Waals surface area contributed by atoms with Gasteiger partial charge in [0, 0.05) is 12.1 Å². The second-order valence-electron chi connectivity index (χ2n) is 7.23. The normalized spacial score (nSPS) is 10.8. The minimum absolute atomic E-state index is 0.0157. The Labute approximate surface area is 192 Å². The van der Waals surface area contributed by atoms with Crippen molar-refractivity contribution >= 4 is 23.0 Å². The molecule has 0 saturated carbocycles. The van der Waals surface area contributed by atoms with Gasteiger partial charge in [0.15, 0.2) is 0 Å². The van der Waals surface area contributed by atoms with Gasteiger partial charge in [-0.05, 0) is 74.2 Å². The van der Waals surface area contributed by atoms with Crippen molar-refractivity contribution < 1.29 is 19.2 Å². The predicted molar refractivity (Wildman–Crippen MR) is 124 cm³/mol. The van der Waals surface area contributed by atoms with E-state index in [2.05, 4.69) is 10.2 Å². The maximum atomic E-state index is 11.8. The first kappa shape index (κ1) is 23.6. The fourth-order valence-electron chi connectivity index (χ4n) is 2.94. The summed E-state index contributed by atoms with van der Waals surface area (Å²) in [5.74, 6) is 0.468. The molecular formula is C25H25N3O5. The van der Waals surface area contributed by atoms with Crippen molar-refractivity contribution in [2.75, 3.05) is 13.2 Å². The van der Waals surface area contributed by atoms with E-state index in [9.17, 15) is 14.9 Å². The largest absolute Gasteiger partial charge is 0.494 e. The van der Waals surface area contributed by atoms with Crippen LogP contribution in [0.1, 0.15) is 36.0 Å². The van der Waals surface area contributed by atoms with Crippen molar-refractivity contribution in [1.82, 2.24) is 0 Å². The molecule has 8 nitrogen and oxygen atoms in total. The van der Waals surface area contributed by atoms with Gasteiger partial charge in [0.05, 0.1) is 35.1 Å². The van der Waals surface area contributed by atoms with Crippen molar-refractivity contribution in [1.29, 1.82) is 0 Å². The van der Waals surface area contributed by atoms with Crippen LogP contribution in [0.25, 0.3) is 0 Å². The summed E-state index contributed by atoms with van der Waals surface area (Å²) in [4.78, 5) is 22.0. The maximum Gasteiger partial charge on any atom is 0.338 e. The van der Waals surface area contributed by atoms with Gasteiger partial charge in [-0.2, -0.15) is 10.2 Å². The van der Waals surface area contributed by atoms with Gasteiger partial charge in [-0.3, -0.25) is 10.1 Å². The van der Waals surface area contributed by atoms with Gasteiger partial charge in [0.25, 0.3) is 5.69 Å². The summed E-state index contributed by atoms with van der Waals surface area (Å²) < 4.78 is 11.0. The van der Waals surface area contributed by atoms with Crippen LogP contribution in [0, 0.1) is 10.1 Å². The summed E-state index contributed by atoms with van der Waals surface area (Å²) in [6.07, 6.45) is 3.69. The number of hydrogen-bond donors (Lipinski definition) is 0. The molecule has 0 aliphatic carbocycles. The van der Waals surface area contributed by atoms with E-state index >= 15 is 0 Å². The summed E-state index contributed by atoms with van der Waals surface area (Å²) in [5, 5.41) is 18.9. The lowest BCUT2D eigenvalue weighted by Crippen LogP contribution is -2.06. The highest BCUT2D eigenvalue weighted by molar-refractivity contribution is 5.89. The minimum atomic E-state index is -0.455. The Morgan fingerprint density at radius 2 is 1.33 bits per heavy atom. The third-order valence-electron chi connectivity index (χ3n) is 4.73. The van der Waals surface area contributed by atoms with Crippen molar-refractivity contribution in [3.63, 3.8) is 0 Å². The minimum Gasteiger partial charge on any atom is -0.494 e. The first-order chi connectivity index (χ1) is 16.1. The fraction of sp³-hybridized carbons (Fsp3) is 0.240. The highest BCUT2D eigenvalue weighted by Crippen LogP contribution is 2.23. The number of carbonyl (C=O) groups is 1. The average molecular weight is 447 g/mol. The van der Waals surface area contributed by atoms with Gasteiger partial charge in [-0.15, -0.1) is 0 Å². The molecule has 3 aromatic rings. The summed E-state index contributed by atoms with van der Waals surface area (Å²) in [6.45, 7) is 1.03. The molecule has 0 fully saturated rings. The van der Waals surface area contributed by atoms with E-state index in [0.717, 1.165) is 31.4 Å². The molecule has 0 saturated heterocycles. The van der Waals surface area contributed by atoms with Crippen LogP contribution in [0.5, 0.6) is 5.75 Å². The molecule has 3 rings (SSSR count). The third kappa shape index (κ3) is 8.17. The van der Waals surface area contributed by atoms with Crippen LogP contribution in [0.2, 0.25) is 0 Å². The van der Waals surface area contributed by atoms with Crippen LogP contribution in [-0.2, 0) is 4.74 Å². The van der Waals surface area contributed by atoms with Crippen molar-refractivity contribution in [3.8, 4) is 5.75 Å². The molecule has 0 heterocycles. The second-order valence-corrected chi connectivity index (χ2v) is 7.23. The number of unbranched alkanes of at least 4 members (excludes halogenated alkanes) is 3. The quantitative estimate of drug-likeness (QED) is 0.0997. The molecule has 0 bridgehead atoms. The number of esters is 1. The molecule has 8 heteroatoms. The molecule has 0 aliphatic rings. The van der Waals surface area contributed by atoms with E-state index in [0.29, 0.717) is 30.2 Å². The summed E-state index contributed by atoms with van der Waals surface area (Å²) in [6, 6.07) is 22.1. The van der Waals surface area contributed by atoms with E-state index in [1.165, 1.54) is 12.1 Å². The van der Waals surface area contributed by atoms with Crippen LogP contribution < -0.4 is 4.74 Å².